The van der Waals surface area contributed by atoms with Crippen LogP contribution in [-0.4, -0.2) is 51.0 Å². The Labute approximate surface area is 415 Å². The Bertz CT molecular complexity index is 1140. The van der Waals surface area contributed by atoms with Gasteiger partial charge < -0.3 is 14.0 Å². The van der Waals surface area contributed by atoms with E-state index in [0.717, 1.165) is 11.5 Å². The summed E-state index contributed by atoms with van der Waals surface area (Å²) >= 11 is 0. The van der Waals surface area contributed by atoms with Crippen LogP contribution in [0.3, 0.4) is 0 Å². The average molecular weight is 918 g/mol. The highest BCUT2D eigenvalue weighted by Gasteiger charge is 2.28. The van der Waals surface area contributed by atoms with E-state index < -0.39 is 6.15 Å². The summed E-state index contributed by atoms with van der Waals surface area (Å²) in [5.41, 5.74) is 2.98. The van der Waals surface area contributed by atoms with Crippen molar-refractivity contribution in [2.75, 3.05) is 40.4 Å². The van der Waals surface area contributed by atoms with Crippen LogP contribution in [0.4, 0.5) is 0 Å². The first kappa shape index (κ1) is 62.1. The summed E-state index contributed by atoms with van der Waals surface area (Å²) in [6, 6.07) is 17.9. The van der Waals surface area contributed by atoms with Crippen molar-refractivity contribution in [2.45, 2.75) is 285 Å². The zero-order valence-corrected chi connectivity index (χ0v) is 46.2. The average Bonchev–Trinajstić information content (AvgIpc) is 3.35. The van der Waals surface area contributed by atoms with E-state index in [1.807, 2.05) is 0 Å². The van der Waals surface area contributed by atoms with Gasteiger partial charge in [0, 0.05) is 0 Å². The molecule has 0 N–H and O–H groups in total. The van der Waals surface area contributed by atoms with Gasteiger partial charge in [-0.05, 0) is 75.6 Å². The molecule has 0 spiro atoms. The van der Waals surface area contributed by atoms with E-state index in [2.05, 4.69) is 90.1 Å². The highest BCUT2D eigenvalue weighted by molar-refractivity contribution is 7.02. The molecule has 384 valence electrons. The van der Waals surface area contributed by atoms with Crippen molar-refractivity contribution < 1.29 is 14.0 Å². The molecule has 3 nitrogen and oxygen atoms in total. The smallest absolute Gasteiger partial charge is 0.118 e. The molecular formula is C62H116BNO2. The number of unbranched alkanes of at least 4 members (excludes halogenated alkanes) is 30. The lowest BCUT2D eigenvalue weighted by Crippen LogP contribution is -2.58. The second-order valence-corrected chi connectivity index (χ2v) is 21.2. The summed E-state index contributed by atoms with van der Waals surface area (Å²) in [6.45, 7) is 19.8. The van der Waals surface area contributed by atoms with Gasteiger partial charge in [-0.2, -0.15) is 12.6 Å². The molecule has 2 aromatic rings. The van der Waals surface area contributed by atoms with Crippen molar-refractivity contribution in [1.29, 1.82) is 0 Å². The predicted molar refractivity (Wildman–Crippen MR) is 301 cm³/mol. The molecule has 66 heavy (non-hydrogen) atoms. The Morgan fingerprint density at radius 3 is 0.727 bits per heavy atom. The number of hydrogen-bond acceptors (Lipinski definition) is 2. The first-order valence-electron chi connectivity index (χ1n) is 29.8. The number of hydrogen-bond donors (Lipinski definition) is 0. The number of methoxy groups -OCH3 is 2. The summed E-state index contributed by atoms with van der Waals surface area (Å²) in [6.07, 6.45) is 52.6. The summed E-state index contributed by atoms with van der Waals surface area (Å²) in [7, 11) is 3.51. The van der Waals surface area contributed by atoms with Crippen molar-refractivity contribution >= 4 is 17.1 Å². The first-order valence-corrected chi connectivity index (χ1v) is 29.8. The van der Waals surface area contributed by atoms with Gasteiger partial charge in [0.1, 0.15) is 11.5 Å². The third-order valence-electron chi connectivity index (χ3n) is 15.6. The third kappa shape index (κ3) is 29.8. The number of benzene rings is 2. The molecule has 0 aliphatic heterocycles. The molecule has 0 aliphatic rings. The summed E-state index contributed by atoms with van der Waals surface area (Å²) in [4.78, 5) is 0. The lowest BCUT2D eigenvalue weighted by molar-refractivity contribution is -0.929. The van der Waals surface area contributed by atoms with E-state index >= 15 is 0 Å². The van der Waals surface area contributed by atoms with Gasteiger partial charge >= 0.3 is 0 Å². The fraction of sp³-hybridized carbons (Fsp3) is 0.806. The Morgan fingerprint density at radius 2 is 0.500 bits per heavy atom. The van der Waals surface area contributed by atoms with E-state index in [1.165, 1.54) is 285 Å². The van der Waals surface area contributed by atoms with Crippen molar-refractivity contribution in [2.24, 2.45) is 0 Å². The topological polar surface area (TPSA) is 18.5 Å². The van der Waals surface area contributed by atoms with Crippen molar-refractivity contribution in [3.8, 4) is 11.5 Å². The number of nitrogens with zero attached hydrogens (tertiary/aromatic N) is 1. The molecule has 0 heterocycles. The van der Waals surface area contributed by atoms with E-state index in [-0.39, 0.29) is 0 Å². The van der Waals surface area contributed by atoms with Gasteiger partial charge in [0.25, 0.3) is 0 Å². The molecule has 0 amide bonds. The zero-order chi connectivity index (χ0) is 48.1. The van der Waals surface area contributed by atoms with E-state index in [4.69, 9.17) is 9.47 Å². The molecule has 0 fully saturated rings. The Balaban J connectivity index is 0.000000660. The van der Waals surface area contributed by atoms with Crippen molar-refractivity contribution in [1.82, 2.24) is 0 Å². The van der Waals surface area contributed by atoms with Crippen molar-refractivity contribution in [3.05, 3.63) is 48.5 Å². The Kier molecular flexibility index (Phi) is 41.7. The monoisotopic (exact) mass is 918 g/mol. The van der Waals surface area contributed by atoms with Crippen LogP contribution in [0.1, 0.15) is 273 Å². The second kappa shape index (κ2) is 44.3. The molecule has 0 unspecified atom stereocenters. The van der Waals surface area contributed by atoms with Crippen LogP contribution in [0.5, 0.6) is 11.5 Å². The van der Waals surface area contributed by atoms with Crippen LogP contribution in [0, 0.1) is 0 Å². The summed E-state index contributed by atoms with van der Waals surface area (Å²) in [5.74, 6) is 1.88. The minimum atomic E-state index is -0.813. The second-order valence-electron chi connectivity index (χ2n) is 21.2. The maximum absolute atomic E-state index is 5.48. The van der Waals surface area contributed by atoms with Gasteiger partial charge in [-0.15, -0.1) is 0 Å². The van der Waals surface area contributed by atoms with Gasteiger partial charge in [0.15, 0.2) is 0 Å². The molecule has 0 atom stereocenters. The molecule has 0 radical (unpaired) electrons. The number of quaternary nitrogens is 1. The van der Waals surface area contributed by atoms with E-state index in [0.29, 0.717) is 0 Å². The highest BCUT2D eigenvalue weighted by atomic mass is 16.5. The standard InChI is InChI=1S/C32H68N.C30H48BO2/c1-5-9-13-17-21-25-29-33(30-26-22-18-14-10-6-2,31-27-23-19-15-11-7-3)32-28-24-20-16-12-8-4;1-5-7-9-11-13-15-25-31(26-16-14-12-10-8-6-2,27-17-21-29(32-3)22-18-27)28-19-23-30(33-4)24-20-28/h5-32H2,1-4H3;17-24H,5-16,25-26H2,1-4H3/q+1;-1. The highest BCUT2D eigenvalue weighted by Crippen LogP contribution is 2.27. The lowest BCUT2D eigenvalue weighted by atomic mass is 9.15. The maximum Gasteiger partial charge on any atom is 0.118 e. The molecule has 0 saturated heterocycles. The fourth-order valence-corrected chi connectivity index (χ4v) is 11.1. The fourth-order valence-electron chi connectivity index (χ4n) is 11.1. The van der Waals surface area contributed by atoms with Crippen LogP contribution in [0.15, 0.2) is 48.5 Å². The van der Waals surface area contributed by atoms with Crippen LogP contribution >= 0.6 is 0 Å². The first-order chi connectivity index (χ1) is 32.4. The van der Waals surface area contributed by atoms with Gasteiger partial charge in [0.05, 0.1) is 46.5 Å². The number of ether oxygens (including phenoxy) is 2. The van der Waals surface area contributed by atoms with E-state index in [9.17, 15) is 0 Å². The number of rotatable bonds is 46. The lowest BCUT2D eigenvalue weighted by Gasteiger charge is -2.42. The molecule has 0 bridgehead atoms. The molecule has 0 saturated carbocycles. The van der Waals surface area contributed by atoms with Gasteiger partial charge in [0.2, 0.25) is 0 Å². The van der Waals surface area contributed by atoms with Crippen LogP contribution in [-0.2, 0) is 0 Å². The van der Waals surface area contributed by atoms with Crippen LogP contribution in [0.2, 0.25) is 12.6 Å². The molecule has 4 heteroatoms. The molecule has 2 aromatic carbocycles. The molecule has 2 rings (SSSR count). The molecular weight excluding hydrogens is 801 g/mol. The maximum atomic E-state index is 5.48. The van der Waals surface area contributed by atoms with Crippen molar-refractivity contribution in [3.63, 3.8) is 0 Å². The summed E-state index contributed by atoms with van der Waals surface area (Å²) in [5, 5.41) is 0. The van der Waals surface area contributed by atoms with Gasteiger partial charge in [-0.25, -0.2) is 10.9 Å². The Hall–Kier alpha value is -1.94. The van der Waals surface area contributed by atoms with Gasteiger partial charge in [-0.1, -0.05) is 246 Å². The van der Waals surface area contributed by atoms with Gasteiger partial charge in [-0.3, -0.25) is 0 Å². The SMILES string of the molecule is CCCCCCCC[B-](CCCCCCCC)(c1ccc(OC)cc1)c1ccc(OC)cc1.CCCCCCCC[N+](CCCCCCCC)(CCCCCCCC)CCCCCCCC. The van der Waals surface area contributed by atoms with Crippen LogP contribution < -0.4 is 20.4 Å². The normalized spacial score (nSPS) is 11.8. The molecule has 0 aliphatic carbocycles. The predicted octanol–water partition coefficient (Wildman–Crippen LogP) is 19.2. The largest absolute Gasteiger partial charge is 0.497 e. The minimum absolute atomic E-state index is 0.813. The zero-order valence-electron chi connectivity index (χ0n) is 46.2. The summed E-state index contributed by atoms with van der Waals surface area (Å²) < 4.78 is 12.4. The van der Waals surface area contributed by atoms with Crippen LogP contribution in [0.25, 0.3) is 0 Å². The molecule has 0 aromatic heterocycles. The van der Waals surface area contributed by atoms with E-state index in [1.54, 1.807) is 14.2 Å². The minimum Gasteiger partial charge on any atom is -0.497 e. The third-order valence-corrected chi connectivity index (χ3v) is 15.6. The Morgan fingerprint density at radius 1 is 0.288 bits per heavy atom. The quantitative estimate of drug-likeness (QED) is 0.0374.